The molecule has 4 nitrogen and oxygen atoms in total. The molecule has 0 N–H and O–H groups in total. The zero-order valence-corrected chi connectivity index (χ0v) is 12.0. The third-order valence-corrected chi connectivity index (χ3v) is 4.10. The third kappa shape index (κ3) is 2.32. The zero-order valence-electron chi connectivity index (χ0n) is 11.2. The van der Waals surface area contributed by atoms with E-state index >= 15 is 0 Å². The lowest BCUT2D eigenvalue weighted by molar-refractivity contribution is 1.00. The smallest absolute Gasteiger partial charge is 0.137 e. The summed E-state index contributed by atoms with van der Waals surface area (Å²) < 4.78 is 2.10. The molecule has 3 heterocycles. The van der Waals surface area contributed by atoms with Crippen LogP contribution in [0.1, 0.15) is 10.6 Å². The predicted molar refractivity (Wildman–Crippen MR) is 83.3 cm³/mol. The van der Waals surface area contributed by atoms with Gasteiger partial charge >= 0.3 is 0 Å². The highest BCUT2D eigenvalue weighted by Gasteiger charge is 2.07. The van der Waals surface area contributed by atoms with Crippen molar-refractivity contribution in [3.8, 4) is 11.3 Å². The summed E-state index contributed by atoms with van der Waals surface area (Å²) >= 11 is 1.58. The number of benzene rings is 1. The monoisotopic (exact) mass is 292 g/mol. The van der Waals surface area contributed by atoms with Gasteiger partial charge in [0.2, 0.25) is 0 Å². The van der Waals surface area contributed by atoms with Crippen LogP contribution in [0, 0.1) is 0 Å². The van der Waals surface area contributed by atoms with Crippen LogP contribution in [0.4, 0.5) is 0 Å². The van der Waals surface area contributed by atoms with E-state index in [4.69, 9.17) is 0 Å². The second-order valence-corrected chi connectivity index (χ2v) is 5.70. The van der Waals surface area contributed by atoms with Crippen molar-refractivity contribution in [1.82, 2.24) is 19.6 Å². The van der Waals surface area contributed by atoms with Crippen molar-refractivity contribution in [2.24, 2.45) is 0 Å². The third-order valence-electron chi connectivity index (χ3n) is 3.40. The molecule has 0 aliphatic rings. The molecule has 21 heavy (non-hydrogen) atoms. The van der Waals surface area contributed by atoms with Crippen molar-refractivity contribution in [2.75, 3.05) is 0 Å². The minimum Gasteiger partial charge on any atom is -0.300 e. The highest BCUT2D eigenvalue weighted by molar-refractivity contribution is 7.09. The summed E-state index contributed by atoms with van der Waals surface area (Å²) in [6.07, 6.45) is 4.77. The molecule has 4 rings (SSSR count). The van der Waals surface area contributed by atoms with Gasteiger partial charge in [-0.2, -0.15) is 0 Å². The van der Waals surface area contributed by atoms with E-state index in [1.54, 1.807) is 16.8 Å². The van der Waals surface area contributed by atoms with Gasteiger partial charge in [-0.05, 0) is 23.8 Å². The number of hydrogen-bond donors (Lipinski definition) is 0. The van der Waals surface area contributed by atoms with E-state index in [-0.39, 0.29) is 0 Å². The average Bonchev–Trinajstić information content (AvgIpc) is 3.16. The molecule has 0 saturated heterocycles. The Hall–Kier alpha value is -2.53. The molecule has 5 heteroatoms. The Kier molecular flexibility index (Phi) is 2.97. The summed E-state index contributed by atoms with van der Waals surface area (Å²) in [6, 6.07) is 14.5. The number of imidazole rings is 1. The van der Waals surface area contributed by atoms with Crippen LogP contribution in [0.5, 0.6) is 0 Å². The van der Waals surface area contributed by atoms with Gasteiger partial charge in [0.25, 0.3) is 0 Å². The fourth-order valence-corrected chi connectivity index (χ4v) is 2.99. The number of fused-ring (bicyclic) bond motifs is 1. The Balaban J connectivity index is 1.75. The van der Waals surface area contributed by atoms with Gasteiger partial charge in [0.15, 0.2) is 0 Å². The molecule has 102 valence electrons. The van der Waals surface area contributed by atoms with Crippen molar-refractivity contribution in [1.29, 1.82) is 0 Å². The summed E-state index contributed by atoms with van der Waals surface area (Å²) in [5.74, 6) is 0. The SMILES string of the molecule is c1cc(Cc2nncs2)cc(-c2cnc3ccccn23)c1. The second kappa shape index (κ2) is 5.10. The van der Waals surface area contributed by atoms with E-state index in [1.165, 1.54) is 5.56 Å². The molecule has 4 aromatic rings. The average molecular weight is 292 g/mol. The Morgan fingerprint density at radius 1 is 1.10 bits per heavy atom. The lowest BCUT2D eigenvalue weighted by Gasteiger charge is -2.04. The summed E-state index contributed by atoms with van der Waals surface area (Å²) in [5, 5.41) is 9.02. The van der Waals surface area contributed by atoms with Crippen LogP contribution in [0.25, 0.3) is 16.9 Å². The predicted octanol–water partition coefficient (Wildman–Crippen LogP) is 3.44. The maximum Gasteiger partial charge on any atom is 0.137 e. The van der Waals surface area contributed by atoms with Gasteiger partial charge in [-0.3, -0.25) is 4.40 Å². The number of hydrogen-bond acceptors (Lipinski definition) is 4. The van der Waals surface area contributed by atoms with E-state index < -0.39 is 0 Å². The van der Waals surface area contributed by atoms with Gasteiger partial charge in [0, 0.05) is 18.2 Å². The highest BCUT2D eigenvalue weighted by Crippen LogP contribution is 2.23. The van der Waals surface area contributed by atoms with Crippen molar-refractivity contribution in [2.45, 2.75) is 6.42 Å². The molecule has 0 atom stereocenters. The second-order valence-electron chi connectivity index (χ2n) is 4.78. The van der Waals surface area contributed by atoms with Crippen molar-refractivity contribution < 1.29 is 0 Å². The van der Waals surface area contributed by atoms with E-state index in [0.29, 0.717) is 0 Å². The van der Waals surface area contributed by atoms with Gasteiger partial charge in [-0.25, -0.2) is 4.98 Å². The van der Waals surface area contributed by atoms with Crippen LogP contribution >= 0.6 is 11.3 Å². The van der Waals surface area contributed by atoms with Crippen LogP contribution in [0.3, 0.4) is 0 Å². The summed E-state index contributed by atoms with van der Waals surface area (Å²) in [5.41, 5.74) is 6.22. The molecule has 0 saturated carbocycles. The van der Waals surface area contributed by atoms with Gasteiger partial charge in [-0.1, -0.05) is 24.3 Å². The molecule has 0 bridgehead atoms. The Morgan fingerprint density at radius 2 is 2.10 bits per heavy atom. The number of nitrogens with zero attached hydrogens (tertiary/aromatic N) is 4. The fourth-order valence-electron chi connectivity index (χ4n) is 2.43. The van der Waals surface area contributed by atoms with Crippen LogP contribution in [-0.2, 0) is 6.42 Å². The molecular weight excluding hydrogens is 280 g/mol. The first-order chi connectivity index (χ1) is 10.4. The molecule has 0 aliphatic heterocycles. The Bertz CT molecular complexity index is 880. The number of aromatic nitrogens is 4. The minimum absolute atomic E-state index is 0.815. The quantitative estimate of drug-likeness (QED) is 0.581. The van der Waals surface area contributed by atoms with E-state index in [0.717, 1.165) is 28.3 Å². The van der Waals surface area contributed by atoms with Gasteiger partial charge < -0.3 is 0 Å². The molecule has 0 aliphatic carbocycles. The van der Waals surface area contributed by atoms with Crippen molar-refractivity contribution >= 4 is 17.0 Å². The molecule has 1 aromatic carbocycles. The normalized spacial score (nSPS) is 11.0. The zero-order chi connectivity index (χ0) is 14.1. The first kappa shape index (κ1) is 12.2. The Labute approximate surface area is 125 Å². The molecule has 0 unspecified atom stereocenters. The molecule has 0 spiro atoms. The maximum atomic E-state index is 4.44. The number of pyridine rings is 1. The van der Waals surface area contributed by atoms with Crippen molar-refractivity contribution in [3.63, 3.8) is 0 Å². The van der Waals surface area contributed by atoms with Gasteiger partial charge in [-0.15, -0.1) is 21.5 Å². The minimum atomic E-state index is 0.815. The summed E-state index contributed by atoms with van der Waals surface area (Å²) in [6.45, 7) is 0. The lowest BCUT2D eigenvalue weighted by Crippen LogP contribution is -1.91. The standard InChI is InChI=1S/C16H12N4S/c1-2-7-20-14(10-17-15(20)6-1)13-5-3-4-12(8-13)9-16-19-18-11-21-16/h1-8,10-11H,9H2. The Morgan fingerprint density at radius 3 is 3.00 bits per heavy atom. The largest absolute Gasteiger partial charge is 0.300 e. The highest BCUT2D eigenvalue weighted by atomic mass is 32.1. The fraction of sp³-hybridized carbons (Fsp3) is 0.0625. The lowest BCUT2D eigenvalue weighted by atomic mass is 10.1. The summed E-state index contributed by atoms with van der Waals surface area (Å²) in [4.78, 5) is 4.44. The van der Waals surface area contributed by atoms with Crippen LogP contribution < -0.4 is 0 Å². The van der Waals surface area contributed by atoms with Crippen LogP contribution in [-0.4, -0.2) is 19.6 Å². The van der Waals surface area contributed by atoms with E-state index in [1.807, 2.05) is 30.6 Å². The first-order valence-corrected chi connectivity index (χ1v) is 7.54. The number of rotatable bonds is 3. The molecule has 0 fully saturated rings. The van der Waals surface area contributed by atoms with Crippen LogP contribution in [0.2, 0.25) is 0 Å². The van der Waals surface area contributed by atoms with Crippen LogP contribution in [0.15, 0.2) is 60.4 Å². The molecular formula is C16H12N4S. The van der Waals surface area contributed by atoms with Gasteiger partial charge in [0.05, 0.1) is 11.9 Å². The summed E-state index contributed by atoms with van der Waals surface area (Å²) in [7, 11) is 0. The molecule has 0 amide bonds. The van der Waals surface area contributed by atoms with E-state index in [9.17, 15) is 0 Å². The molecule has 3 aromatic heterocycles. The first-order valence-electron chi connectivity index (χ1n) is 6.66. The van der Waals surface area contributed by atoms with Crippen molar-refractivity contribution in [3.05, 3.63) is 70.9 Å². The maximum absolute atomic E-state index is 4.44. The van der Waals surface area contributed by atoms with E-state index in [2.05, 4.69) is 43.8 Å². The molecule has 0 radical (unpaired) electrons. The van der Waals surface area contributed by atoms with Gasteiger partial charge in [0.1, 0.15) is 16.2 Å². The topological polar surface area (TPSA) is 43.1 Å².